The smallest absolute Gasteiger partial charge is 0.338 e. The number of carboxylic acid groups (broad SMARTS) is 1. The Balaban J connectivity index is 2.10. The summed E-state index contributed by atoms with van der Waals surface area (Å²) >= 11 is 0. The lowest BCUT2D eigenvalue weighted by Gasteiger charge is -2.22. The van der Waals surface area contributed by atoms with Gasteiger partial charge in [0.2, 0.25) is 0 Å². The number of carbonyl (C=O) groups is 2. The molecule has 0 heterocycles. The number of carboxylic acids is 1. The minimum absolute atomic E-state index is 0.178. The maximum atomic E-state index is 12.4. The van der Waals surface area contributed by atoms with E-state index < -0.39 is 42.1 Å². The number of aliphatic hydroxyl groups is 2. The van der Waals surface area contributed by atoms with Crippen molar-refractivity contribution in [3.63, 3.8) is 0 Å². The van der Waals surface area contributed by atoms with Gasteiger partial charge >= 0.3 is 11.9 Å². The average Bonchev–Trinajstić information content (AvgIpc) is 2.95. The zero-order valence-electron chi connectivity index (χ0n) is 16.2. The fourth-order valence-corrected chi connectivity index (χ4v) is 3.71. The molecule has 0 aliphatic heterocycles. The summed E-state index contributed by atoms with van der Waals surface area (Å²) in [5, 5.41) is 29.7. The van der Waals surface area contributed by atoms with Crippen molar-refractivity contribution in [2.24, 2.45) is 11.8 Å². The molecule has 5 atom stereocenters. The van der Waals surface area contributed by atoms with E-state index in [-0.39, 0.29) is 12.8 Å². The number of aliphatic hydroxyl groups excluding tert-OH is 2. The molecular weight excluding hydrogens is 360 g/mol. The average molecular weight is 390 g/mol. The molecule has 0 spiro atoms. The van der Waals surface area contributed by atoms with E-state index in [0.29, 0.717) is 12.0 Å². The Morgan fingerprint density at radius 2 is 1.96 bits per heavy atom. The van der Waals surface area contributed by atoms with Crippen molar-refractivity contribution in [2.45, 2.75) is 63.8 Å². The molecule has 28 heavy (non-hydrogen) atoms. The van der Waals surface area contributed by atoms with Crippen LogP contribution in [0.1, 0.15) is 55.8 Å². The zero-order valence-corrected chi connectivity index (χ0v) is 16.2. The van der Waals surface area contributed by atoms with Gasteiger partial charge in [0.1, 0.15) is 6.10 Å². The highest BCUT2D eigenvalue weighted by molar-refractivity contribution is 5.89. The molecule has 0 bridgehead atoms. The lowest BCUT2D eigenvalue weighted by Crippen LogP contribution is -2.26. The number of aliphatic carboxylic acids is 1. The summed E-state index contributed by atoms with van der Waals surface area (Å²) in [7, 11) is 0. The highest BCUT2D eigenvalue weighted by Gasteiger charge is 2.44. The monoisotopic (exact) mass is 390 g/mol. The zero-order chi connectivity index (χ0) is 20.5. The Labute approximate surface area is 165 Å². The van der Waals surface area contributed by atoms with Gasteiger partial charge in [-0.25, -0.2) is 4.79 Å². The Bertz CT molecular complexity index is 656. The molecule has 0 saturated heterocycles. The van der Waals surface area contributed by atoms with Crippen LogP contribution in [0.5, 0.6) is 0 Å². The summed E-state index contributed by atoms with van der Waals surface area (Å²) < 4.78 is 5.60. The lowest BCUT2D eigenvalue weighted by molar-refractivity contribution is -0.139. The Kier molecular flexibility index (Phi) is 8.67. The van der Waals surface area contributed by atoms with Crippen LogP contribution in [0.4, 0.5) is 0 Å². The summed E-state index contributed by atoms with van der Waals surface area (Å²) in [5.41, 5.74) is 0.404. The minimum Gasteiger partial charge on any atom is -0.481 e. The topological polar surface area (TPSA) is 104 Å². The third kappa shape index (κ3) is 6.46. The van der Waals surface area contributed by atoms with E-state index in [2.05, 4.69) is 6.92 Å². The maximum Gasteiger partial charge on any atom is 0.338 e. The van der Waals surface area contributed by atoms with E-state index in [1.54, 1.807) is 42.5 Å². The second-order valence-electron chi connectivity index (χ2n) is 7.40. The van der Waals surface area contributed by atoms with Gasteiger partial charge in [-0.3, -0.25) is 4.79 Å². The second-order valence-corrected chi connectivity index (χ2v) is 7.40. The first-order chi connectivity index (χ1) is 13.4. The number of hydrogen-bond acceptors (Lipinski definition) is 5. The number of hydrogen-bond donors (Lipinski definition) is 3. The first-order valence-electron chi connectivity index (χ1n) is 9.94. The summed E-state index contributed by atoms with van der Waals surface area (Å²) in [6.07, 6.45) is 4.77. The summed E-state index contributed by atoms with van der Waals surface area (Å²) in [6, 6.07) is 8.55. The highest BCUT2D eigenvalue weighted by atomic mass is 16.5. The Morgan fingerprint density at radius 1 is 1.25 bits per heavy atom. The van der Waals surface area contributed by atoms with Crippen molar-refractivity contribution >= 4 is 11.9 Å². The van der Waals surface area contributed by atoms with E-state index >= 15 is 0 Å². The normalized spacial score (nSPS) is 25.7. The Hall–Kier alpha value is -2.18. The van der Waals surface area contributed by atoms with E-state index in [4.69, 9.17) is 4.74 Å². The van der Waals surface area contributed by atoms with Gasteiger partial charge in [0, 0.05) is 18.3 Å². The number of benzene rings is 1. The number of esters is 1. The van der Waals surface area contributed by atoms with E-state index in [1.807, 2.05) is 0 Å². The van der Waals surface area contributed by atoms with Gasteiger partial charge in [0.05, 0.1) is 24.2 Å². The molecular formula is C22H30O6. The van der Waals surface area contributed by atoms with Gasteiger partial charge in [-0.2, -0.15) is 0 Å². The molecule has 1 aliphatic rings. The number of rotatable bonds is 10. The second kappa shape index (κ2) is 11.0. The van der Waals surface area contributed by atoms with Crippen LogP contribution in [0, 0.1) is 11.8 Å². The summed E-state index contributed by atoms with van der Waals surface area (Å²) in [5.74, 6) is -2.54. The van der Waals surface area contributed by atoms with Crippen molar-refractivity contribution < 1.29 is 29.6 Å². The molecule has 1 fully saturated rings. The molecule has 0 aromatic heterocycles. The number of ether oxygens (including phenoxy) is 1. The van der Waals surface area contributed by atoms with Crippen molar-refractivity contribution in [1.29, 1.82) is 0 Å². The van der Waals surface area contributed by atoms with Crippen molar-refractivity contribution in [2.75, 3.05) is 0 Å². The van der Waals surface area contributed by atoms with Crippen LogP contribution in [0.3, 0.4) is 0 Å². The molecule has 0 amide bonds. The van der Waals surface area contributed by atoms with Crippen LogP contribution in [0.2, 0.25) is 0 Å². The SMILES string of the molecule is CCCCCC(O)C=C[C@@H]1[C@@H](CC(=O)O)[C@@H](O)C[C@H]1OC(=O)c1ccccc1. The standard InChI is InChI=1S/C22H30O6/c1-2-3-5-10-16(23)11-12-17-18(13-21(25)26)19(24)14-20(17)28-22(27)15-8-6-4-7-9-15/h4,6-9,11-12,16-20,23-24H,2-3,5,10,13-14H2,1H3,(H,25,26)/t16?,17-,18-,19+,20-/m1/s1. The first-order valence-corrected chi connectivity index (χ1v) is 9.94. The molecule has 3 N–H and O–H groups in total. The van der Waals surface area contributed by atoms with Crippen LogP contribution in [-0.2, 0) is 9.53 Å². The van der Waals surface area contributed by atoms with Gasteiger partial charge < -0.3 is 20.1 Å². The van der Waals surface area contributed by atoms with Crippen LogP contribution in [-0.4, -0.2) is 45.6 Å². The number of unbranched alkanes of at least 4 members (excludes halogenated alkanes) is 2. The Morgan fingerprint density at radius 3 is 2.61 bits per heavy atom. The summed E-state index contributed by atoms with van der Waals surface area (Å²) in [6.45, 7) is 2.09. The predicted molar refractivity (Wildman–Crippen MR) is 105 cm³/mol. The van der Waals surface area contributed by atoms with Gasteiger partial charge in [-0.15, -0.1) is 0 Å². The summed E-state index contributed by atoms with van der Waals surface area (Å²) in [4.78, 5) is 23.6. The fraction of sp³-hybridized carbons (Fsp3) is 0.545. The molecule has 1 aromatic rings. The third-order valence-electron chi connectivity index (χ3n) is 5.23. The minimum atomic E-state index is -1.01. The van der Waals surface area contributed by atoms with Crippen molar-refractivity contribution in [1.82, 2.24) is 0 Å². The van der Waals surface area contributed by atoms with Gasteiger partial charge in [-0.05, 0) is 18.6 Å². The van der Waals surface area contributed by atoms with E-state index in [1.165, 1.54) is 0 Å². The largest absolute Gasteiger partial charge is 0.481 e. The van der Waals surface area contributed by atoms with Crippen molar-refractivity contribution in [3.8, 4) is 0 Å². The van der Waals surface area contributed by atoms with Crippen LogP contribution in [0.15, 0.2) is 42.5 Å². The third-order valence-corrected chi connectivity index (χ3v) is 5.23. The molecule has 2 rings (SSSR count). The fourth-order valence-electron chi connectivity index (χ4n) is 3.71. The molecule has 6 nitrogen and oxygen atoms in total. The van der Waals surface area contributed by atoms with Gasteiger partial charge in [0.25, 0.3) is 0 Å². The van der Waals surface area contributed by atoms with Crippen molar-refractivity contribution in [3.05, 3.63) is 48.0 Å². The van der Waals surface area contributed by atoms with Gasteiger partial charge in [-0.1, -0.05) is 56.5 Å². The van der Waals surface area contributed by atoms with Crippen LogP contribution < -0.4 is 0 Å². The van der Waals surface area contributed by atoms with E-state index in [9.17, 15) is 24.9 Å². The number of carbonyl (C=O) groups excluding carboxylic acids is 1. The van der Waals surface area contributed by atoms with Crippen LogP contribution in [0.25, 0.3) is 0 Å². The molecule has 1 unspecified atom stereocenters. The molecule has 154 valence electrons. The highest BCUT2D eigenvalue weighted by Crippen LogP contribution is 2.38. The molecule has 1 aliphatic carbocycles. The van der Waals surface area contributed by atoms with Gasteiger partial charge in [0.15, 0.2) is 0 Å². The first kappa shape index (κ1) is 22.1. The lowest BCUT2D eigenvalue weighted by atomic mass is 9.89. The molecule has 0 radical (unpaired) electrons. The predicted octanol–water partition coefficient (Wildman–Crippen LogP) is 3.18. The molecule has 1 aromatic carbocycles. The molecule has 6 heteroatoms. The quantitative estimate of drug-likeness (QED) is 0.322. The van der Waals surface area contributed by atoms with E-state index in [0.717, 1.165) is 19.3 Å². The van der Waals surface area contributed by atoms with Crippen LogP contribution >= 0.6 is 0 Å². The molecule has 1 saturated carbocycles. The maximum absolute atomic E-state index is 12.4.